The summed E-state index contributed by atoms with van der Waals surface area (Å²) in [5, 5.41) is 3.07. The zero-order valence-corrected chi connectivity index (χ0v) is 9.71. The molecule has 1 N–H and O–H groups in total. The van der Waals surface area contributed by atoms with Gasteiger partial charge >= 0.3 is 5.97 Å². The van der Waals surface area contributed by atoms with Crippen LogP contribution in [0.3, 0.4) is 0 Å². The highest BCUT2D eigenvalue weighted by Gasteiger charge is 2.30. The van der Waals surface area contributed by atoms with Gasteiger partial charge in [-0.15, -0.1) is 0 Å². The number of carbonyl (C=O) groups is 1. The first kappa shape index (κ1) is 12.4. The van der Waals surface area contributed by atoms with Gasteiger partial charge in [0.25, 0.3) is 0 Å². The van der Waals surface area contributed by atoms with Crippen LogP contribution in [0.15, 0.2) is 0 Å². The van der Waals surface area contributed by atoms with E-state index in [-0.39, 0.29) is 6.04 Å². The maximum absolute atomic E-state index is 11.7. The Bertz CT molecular complexity index is 322. The highest BCUT2D eigenvalue weighted by molar-refractivity contribution is 7.89. The summed E-state index contributed by atoms with van der Waals surface area (Å²) >= 11 is 0. The van der Waals surface area contributed by atoms with Gasteiger partial charge in [-0.1, -0.05) is 0 Å². The van der Waals surface area contributed by atoms with Gasteiger partial charge in [-0.05, 0) is 13.0 Å². The largest absolute Gasteiger partial charge is 0.468 e. The van der Waals surface area contributed by atoms with Crippen molar-refractivity contribution in [1.29, 1.82) is 0 Å². The summed E-state index contributed by atoms with van der Waals surface area (Å²) in [6.45, 7) is 1.44. The van der Waals surface area contributed by atoms with Gasteiger partial charge in [-0.25, -0.2) is 12.7 Å². The zero-order valence-electron chi connectivity index (χ0n) is 8.89. The van der Waals surface area contributed by atoms with Crippen LogP contribution in [0, 0.1) is 0 Å². The average Bonchev–Trinajstić information content (AvgIpc) is 2.68. The number of nitrogens with zero attached hydrogens (tertiary/aromatic N) is 1. The van der Waals surface area contributed by atoms with Crippen LogP contribution in [-0.4, -0.2) is 57.7 Å². The first-order valence-electron chi connectivity index (χ1n) is 4.70. The van der Waals surface area contributed by atoms with Gasteiger partial charge in [0.05, 0.1) is 7.11 Å². The molecule has 1 saturated heterocycles. The quantitative estimate of drug-likeness (QED) is 0.619. The fourth-order valence-electron chi connectivity index (χ4n) is 1.49. The molecule has 0 saturated carbocycles. The Balaban J connectivity index is 2.63. The van der Waals surface area contributed by atoms with Crippen molar-refractivity contribution in [2.75, 3.05) is 33.0 Å². The second-order valence-corrected chi connectivity index (χ2v) is 5.52. The Morgan fingerprint density at radius 1 is 1.60 bits per heavy atom. The molecule has 1 aliphatic heterocycles. The van der Waals surface area contributed by atoms with Crippen molar-refractivity contribution >= 4 is 16.0 Å². The molecule has 1 unspecified atom stereocenters. The second kappa shape index (κ2) is 4.91. The molecule has 0 bridgehead atoms. The van der Waals surface area contributed by atoms with Crippen molar-refractivity contribution in [2.45, 2.75) is 12.5 Å². The molecule has 0 aromatic heterocycles. The molecule has 0 aliphatic carbocycles. The first-order chi connectivity index (χ1) is 6.97. The van der Waals surface area contributed by atoms with Crippen molar-refractivity contribution in [3.05, 3.63) is 0 Å². The van der Waals surface area contributed by atoms with E-state index in [9.17, 15) is 13.2 Å². The summed E-state index contributed by atoms with van der Waals surface area (Å²) in [6, 6.07) is -0.0559. The van der Waals surface area contributed by atoms with Gasteiger partial charge in [0.15, 0.2) is 5.75 Å². The molecular weight excluding hydrogens is 220 g/mol. The van der Waals surface area contributed by atoms with Crippen molar-refractivity contribution in [2.24, 2.45) is 0 Å². The molecule has 6 nitrogen and oxygen atoms in total. The van der Waals surface area contributed by atoms with Crippen LogP contribution in [0.25, 0.3) is 0 Å². The lowest BCUT2D eigenvalue weighted by atomic mass is 10.3. The molecule has 1 rings (SSSR count). The number of carbonyl (C=O) groups excluding carboxylic acids is 1. The number of hydrogen-bond acceptors (Lipinski definition) is 5. The summed E-state index contributed by atoms with van der Waals surface area (Å²) in [5.74, 6) is -1.32. The lowest BCUT2D eigenvalue weighted by molar-refractivity contribution is -0.137. The summed E-state index contributed by atoms with van der Waals surface area (Å²) in [5.41, 5.74) is 0. The lowest BCUT2D eigenvalue weighted by Crippen LogP contribution is -2.41. The number of hydrogen-bond donors (Lipinski definition) is 1. The van der Waals surface area contributed by atoms with Crippen molar-refractivity contribution in [3.8, 4) is 0 Å². The van der Waals surface area contributed by atoms with E-state index in [2.05, 4.69) is 10.1 Å². The molecule has 0 aromatic rings. The van der Waals surface area contributed by atoms with Gasteiger partial charge in [-0.2, -0.15) is 0 Å². The Morgan fingerprint density at radius 2 is 2.27 bits per heavy atom. The van der Waals surface area contributed by atoms with Gasteiger partial charge in [0.2, 0.25) is 10.0 Å². The van der Waals surface area contributed by atoms with Gasteiger partial charge < -0.3 is 10.1 Å². The normalized spacial score (nSPS) is 21.9. The predicted octanol–water partition coefficient (Wildman–Crippen LogP) is -1.22. The van der Waals surface area contributed by atoms with Crippen molar-refractivity contribution in [3.63, 3.8) is 0 Å². The Labute approximate surface area is 89.6 Å². The Hall–Kier alpha value is -0.660. The molecule has 7 heteroatoms. The maximum Gasteiger partial charge on any atom is 0.322 e. The molecule has 0 amide bonds. The molecule has 88 valence electrons. The topological polar surface area (TPSA) is 75.7 Å². The summed E-state index contributed by atoms with van der Waals surface area (Å²) < 4.78 is 29.0. The molecule has 15 heavy (non-hydrogen) atoms. The minimum atomic E-state index is -3.54. The van der Waals surface area contributed by atoms with E-state index in [0.717, 1.165) is 13.0 Å². The second-order valence-electron chi connectivity index (χ2n) is 3.50. The van der Waals surface area contributed by atoms with E-state index in [1.807, 2.05) is 0 Å². The molecule has 0 radical (unpaired) electrons. The van der Waals surface area contributed by atoms with E-state index >= 15 is 0 Å². The van der Waals surface area contributed by atoms with Crippen LogP contribution in [0.4, 0.5) is 0 Å². The van der Waals surface area contributed by atoms with Crippen LogP contribution in [-0.2, 0) is 19.6 Å². The number of methoxy groups -OCH3 is 1. The monoisotopic (exact) mass is 236 g/mol. The third-order valence-corrected chi connectivity index (χ3v) is 4.29. The highest BCUT2D eigenvalue weighted by atomic mass is 32.2. The van der Waals surface area contributed by atoms with Crippen LogP contribution < -0.4 is 5.32 Å². The Morgan fingerprint density at radius 3 is 2.73 bits per heavy atom. The predicted molar refractivity (Wildman–Crippen MR) is 54.8 cm³/mol. The molecule has 1 atom stereocenters. The van der Waals surface area contributed by atoms with E-state index in [4.69, 9.17) is 0 Å². The number of rotatable bonds is 4. The number of esters is 1. The van der Waals surface area contributed by atoms with Crippen molar-refractivity contribution in [1.82, 2.24) is 9.62 Å². The smallest absolute Gasteiger partial charge is 0.322 e. The third-order valence-electron chi connectivity index (χ3n) is 2.52. The third kappa shape index (κ3) is 3.15. The van der Waals surface area contributed by atoms with Crippen LogP contribution in [0.5, 0.6) is 0 Å². The van der Waals surface area contributed by atoms with Gasteiger partial charge in [0.1, 0.15) is 0 Å². The zero-order chi connectivity index (χ0) is 11.5. The highest BCUT2D eigenvalue weighted by Crippen LogP contribution is 2.11. The van der Waals surface area contributed by atoms with Crippen LogP contribution in [0.1, 0.15) is 6.42 Å². The number of likely N-dealkylation sites (N-methyl/N-ethyl adjacent to an activating group) is 1. The Kier molecular flexibility index (Phi) is 4.06. The van der Waals surface area contributed by atoms with E-state index in [1.54, 1.807) is 0 Å². The molecule has 1 aliphatic rings. The van der Waals surface area contributed by atoms with Crippen LogP contribution in [0.2, 0.25) is 0 Å². The minimum Gasteiger partial charge on any atom is -0.468 e. The SMILES string of the molecule is COC(=O)CS(=O)(=O)N(C)C1CCNC1. The number of nitrogens with one attached hydrogen (secondary N) is 1. The molecule has 0 aromatic carbocycles. The van der Waals surface area contributed by atoms with E-state index in [1.165, 1.54) is 18.5 Å². The van der Waals surface area contributed by atoms with Gasteiger partial charge in [0, 0.05) is 19.6 Å². The summed E-state index contributed by atoms with van der Waals surface area (Å²) in [7, 11) is -0.865. The van der Waals surface area contributed by atoms with Crippen molar-refractivity contribution < 1.29 is 17.9 Å². The lowest BCUT2D eigenvalue weighted by Gasteiger charge is -2.22. The first-order valence-corrected chi connectivity index (χ1v) is 6.31. The molecule has 1 heterocycles. The number of sulfonamides is 1. The summed E-state index contributed by atoms with van der Waals surface area (Å²) in [6.07, 6.45) is 0.775. The molecule has 1 fully saturated rings. The number of ether oxygens (including phenoxy) is 1. The average molecular weight is 236 g/mol. The van der Waals surface area contributed by atoms with E-state index < -0.39 is 21.7 Å². The fraction of sp³-hybridized carbons (Fsp3) is 0.875. The van der Waals surface area contributed by atoms with E-state index in [0.29, 0.717) is 6.54 Å². The fourth-order valence-corrected chi connectivity index (χ4v) is 2.74. The molecular formula is C8H16N2O4S. The summed E-state index contributed by atoms with van der Waals surface area (Å²) in [4.78, 5) is 10.9. The minimum absolute atomic E-state index is 0.0559. The maximum atomic E-state index is 11.7. The standard InChI is InChI=1S/C8H16N2O4S/c1-10(7-3-4-9-5-7)15(12,13)6-8(11)14-2/h7,9H,3-6H2,1-2H3. The molecule has 0 spiro atoms. The van der Waals surface area contributed by atoms with Gasteiger partial charge in [-0.3, -0.25) is 4.79 Å². The van der Waals surface area contributed by atoms with Crippen LogP contribution >= 0.6 is 0 Å².